The van der Waals surface area contributed by atoms with Crippen molar-refractivity contribution in [1.82, 2.24) is 9.55 Å². The first-order valence-electron chi connectivity index (χ1n) is 11.1. The minimum absolute atomic E-state index is 0.186. The lowest BCUT2D eigenvalue weighted by Gasteiger charge is -2.12. The summed E-state index contributed by atoms with van der Waals surface area (Å²) in [7, 11) is 0. The van der Waals surface area contributed by atoms with Crippen LogP contribution >= 0.6 is 15.9 Å². The van der Waals surface area contributed by atoms with Crippen molar-refractivity contribution in [3.05, 3.63) is 136 Å². The zero-order chi connectivity index (χ0) is 25.1. The van der Waals surface area contributed by atoms with E-state index in [1.165, 1.54) is 48.5 Å². The Morgan fingerprint density at radius 2 is 1.44 bits per heavy atom. The molecule has 0 saturated carbocycles. The molecule has 178 valence electrons. The lowest BCUT2D eigenvalue weighted by molar-refractivity contribution is 0.0693. The SMILES string of the molecule is O=C(O/C(=C/c1nc2ccccc2n1Cc1ccccc1Br)c1ccc(F)cc1)c1ccc(F)cc1. The Morgan fingerprint density at radius 3 is 2.14 bits per heavy atom. The molecule has 0 amide bonds. The Morgan fingerprint density at radius 1 is 0.833 bits per heavy atom. The summed E-state index contributed by atoms with van der Waals surface area (Å²) in [4.78, 5) is 17.7. The predicted molar refractivity (Wildman–Crippen MR) is 139 cm³/mol. The first kappa shape index (κ1) is 23.6. The van der Waals surface area contributed by atoms with Gasteiger partial charge in [-0.1, -0.05) is 46.3 Å². The number of ether oxygens (including phenoxy) is 1. The third-order valence-electron chi connectivity index (χ3n) is 5.64. The average Bonchev–Trinajstić information content (AvgIpc) is 3.22. The minimum Gasteiger partial charge on any atom is -0.422 e. The standard InChI is InChI=1S/C29H19BrF2N2O2/c30-24-6-2-1-5-21(24)18-34-26-8-4-3-7-25(26)33-28(34)17-27(19-9-13-22(31)14-10-19)36-29(35)20-11-15-23(32)16-12-20/h1-17H,18H2/b27-17+. The van der Waals surface area contributed by atoms with Crippen LogP contribution in [0.15, 0.2) is 102 Å². The van der Waals surface area contributed by atoms with Crippen LogP contribution in [0, 0.1) is 11.6 Å². The topological polar surface area (TPSA) is 44.1 Å². The number of fused-ring (bicyclic) bond motifs is 1. The molecule has 0 bridgehead atoms. The highest BCUT2D eigenvalue weighted by Crippen LogP contribution is 2.26. The molecule has 7 heteroatoms. The summed E-state index contributed by atoms with van der Waals surface area (Å²) in [5, 5.41) is 0. The van der Waals surface area contributed by atoms with E-state index >= 15 is 0 Å². The van der Waals surface area contributed by atoms with Crippen LogP contribution in [0.3, 0.4) is 0 Å². The fraction of sp³-hybridized carbons (Fsp3) is 0.0345. The van der Waals surface area contributed by atoms with E-state index in [1.54, 1.807) is 6.08 Å². The minimum atomic E-state index is -0.668. The molecule has 0 N–H and O–H groups in total. The van der Waals surface area contributed by atoms with Gasteiger partial charge < -0.3 is 9.30 Å². The van der Waals surface area contributed by atoms with Gasteiger partial charge in [-0.25, -0.2) is 18.6 Å². The van der Waals surface area contributed by atoms with Gasteiger partial charge in [0.2, 0.25) is 0 Å². The molecule has 0 fully saturated rings. The van der Waals surface area contributed by atoms with Crippen LogP contribution in [0.2, 0.25) is 0 Å². The highest BCUT2D eigenvalue weighted by Gasteiger charge is 2.17. The zero-order valence-corrected chi connectivity index (χ0v) is 20.5. The van der Waals surface area contributed by atoms with Gasteiger partial charge in [-0.3, -0.25) is 0 Å². The molecule has 0 spiro atoms. The summed E-state index contributed by atoms with van der Waals surface area (Å²) in [6, 6.07) is 26.3. The van der Waals surface area contributed by atoms with Gasteiger partial charge in [0.1, 0.15) is 23.2 Å². The maximum absolute atomic E-state index is 13.6. The largest absolute Gasteiger partial charge is 0.422 e. The fourth-order valence-electron chi connectivity index (χ4n) is 3.82. The number of imidazole rings is 1. The molecule has 4 aromatic carbocycles. The van der Waals surface area contributed by atoms with Crippen molar-refractivity contribution < 1.29 is 18.3 Å². The Kier molecular flexibility index (Phi) is 6.73. The highest BCUT2D eigenvalue weighted by atomic mass is 79.9. The third kappa shape index (κ3) is 5.11. The number of hydrogen-bond acceptors (Lipinski definition) is 3. The van der Waals surface area contributed by atoms with Gasteiger partial charge in [0.05, 0.1) is 23.1 Å². The number of hydrogen-bond donors (Lipinski definition) is 0. The van der Waals surface area contributed by atoms with Crippen molar-refractivity contribution in [2.24, 2.45) is 0 Å². The van der Waals surface area contributed by atoms with Gasteiger partial charge in [-0.2, -0.15) is 0 Å². The van der Waals surface area contributed by atoms with E-state index in [0.29, 0.717) is 17.9 Å². The van der Waals surface area contributed by atoms with Crippen LogP contribution in [0.25, 0.3) is 22.9 Å². The van der Waals surface area contributed by atoms with E-state index in [-0.39, 0.29) is 11.3 Å². The summed E-state index contributed by atoms with van der Waals surface area (Å²) in [5.41, 5.74) is 3.40. The van der Waals surface area contributed by atoms with Crippen molar-refractivity contribution in [3.63, 3.8) is 0 Å². The maximum Gasteiger partial charge on any atom is 0.343 e. The molecular formula is C29H19BrF2N2O2. The number of rotatable bonds is 6. The van der Waals surface area contributed by atoms with Crippen LogP contribution in [0.1, 0.15) is 27.3 Å². The summed E-state index contributed by atoms with van der Waals surface area (Å²) in [6.45, 7) is 0.510. The van der Waals surface area contributed by atoms with Crippen LogP contribution in [-0.4, -0.2) is 15.5 Å². The Bertz CT molecular complexity index is 1580. The Hall–Kier alpha value is -4.10. The lowest BCUT2D eigenvalue weighted by atomic mass is 10.1. The molecule has 0 aliphatic carbocycles. The number of carbonyl (C=O) groups excluding carboxylic acids is 1. The molecule has 0 saturated heterocycles. The van der Waals surface area contributed by atoms with E-state index in [1.807, 2.05) is 53.1 Å². The van der Waals surface area contributed by atoms with Gasteiger partial charge >= 0.3 is 5.97 Å². The number of carbonyl (C=O) groups is 1. The molecular weight excluding hydrogens is 526 g/mol. The van der Waals surface area contributed by atoms with Crippen LogP contribution in [0.5, 0.6) is 0 Å². The molecule has 0 radical (unpaired) electrons. The van der Waals surface area contributed by atoms with Crippen molar-refractivity contribution in [2.45, 2.75) is 6.54 Å². The second-order valence-corrected chi connectivity index (χ2v) is 8.90. The van der Waals surface area contributed by atoms with E-state index in [0.717, 1.165) is 21.1 Å². The quantitative estimate of drug-likeness (QED) is 0.164. The van der Waals surface area contributed by atoms with Crippen LogP contribution < -0.4 is 0 Å². The molecule has 5 rings (SSSR count). The summed E-state index contributed by atoms with van der Waals surface area (Å²) >= 11 is 3.61. The van der Waals surface area contributed by atoms with Crippen molar-refractivity contribution >= 4 is 44.8 Å². The second-order valence-electron chi connectivity index (χ2n) is 8.05. The van der Waals surface area contributed by atoms with Crippen LogP contribution in [-0.2, 0) is 11.3 Å². The van der Waals surface area contributed by atoms with Gasteiger partial charge in [0.15, 0.2) is 0 Å². The smallest absolute Gasteiger partial charge is 0.343 e. The van der Waals surface area contributed by atoms with Crippen molar-refractivity contribution in [1.29, 1.82) is 0 Å². The number of para-hydroxylation sites is 2. The highest BCUT2D eigenvalue weighted by molar-refractivity contribution is 9.10. The van der Waals surface area contributed by atoms with Crippen molar-refractivity contribution in [2.75, 3.05) is 0 Å². The number of esters is 1. The number of halogens is 3. The molecule has 1 heterocycles. The second kappa shape index (κ2) is 10.3. The van der Waals surface area contributed by atoms with E-state index < -0.39 is 17.6 Å². The summed E-state index contributed by atoms with van der Waals surface area (Å²) in [6.07, 6.45) is 1.66. The van der Waals surface area contributed by atoms with E-state index in [4.69, 9.17) is 9.72 Å². The first-order chi connectivity index (χ1) is 17.5. The molecule has 1 aromatic heterocycles. The van der Waals surface area contributed by atoms with Gasteiger partial charge in [-0.05, 0) is 72.3 Å². The molecule has 0 atom stereocenters. The monoisotopic (exact) mass is 544 g/mol. The Labute approximate surface area is 214 Å². The molecule has 5 aromatic rings. The zero-order valence-electron chi connectivity index (χ0n) is 18.9. The summed E-state index contributed by atoms with van der Waals surface area (Å²) < 4.78 is 35.7. The first-order valence-corrected chi connectivity index (χ1v) is 11.9. The van der Waals surface area contributed by atoms with Gasteiger partial charge in [0, 0.05) is 16.1 Å². The lowest BCUT2D eigenvalue weighted by Crippen LogP contribution is -2.07. The third-order valence-corrected chi connectivity index (χ3v) is 6.42. The van der Waals surface area contributed by atoms with Gasteiger partial charge in [-0.15, -0.1) is 0 Å². The molecule has 4 nitrogen and oxygen atoms in total. The average molecular weight is 545 g/mol. The predicted octanol–water partition coefficient (Wildman–Crippen LogP) is 7.48. The number of nitrogens with zero attached hydrogens (tertiary/aromatic N) is 2. The summed E-state index contributed by atoms with van der Waals surface area (Å²) in [5.74, 6) is -0.795. The fourth-order valence-corrected chi connectivity index (χ4v) is 4.23. The van der Waals surface area contributed by atoms with Crippen molar-refractivity contribution in [3.8, 4) is 0 Å². The molecule has 0 unspecified atom stereocenters. The Balaban J connectivity index is 1.61. The number of aromatic nitrogens is 2. The maximum atomic E-state index is 13.6. The van der Waals surface area contributed by atoms with Crippen LogP contribution in [0.4, 0.5) is 8.78 Å². The van der Waals surface area contributed by atoms with E-state index in [9.17, 15) is 13.6 Å². The van der Waals surface area contributed by atoms with Gasteiger partial charge in [0.25, 0.3) is 0 Å². The number of benzene rings is 4. The normalized spacial score (nSPS) is 11.6. The molecule has 0 aliphatic rings. The molecule has 36 heavy (non-hydrogen) atoms. The van der Waals surface area contributed by atoms with E-state index in [2.05, 4.69) is 15.9 Å². The molecule has 0 aliphatic heterocycles.